The van der Waals surface area contributed by atoms with Gasteiger partial charge in [-0.3, -0.25) is 0 Å². The van der Waals surface area contributed by atoms with E-state index < -0.39 is 5.41 Å². The Morgan fingerprint density at radius 3 is 1.97 bits per heavy atom. The van der Waals surface area contributed by atoms with Crippen LogP contribution in [0.3, 0.4) is 0 Å². The molecule has 0 aliphatic carbocycles. The summed E-state index contributed by atoms with van der Waals surface area (Å²) in [5.41, 5.74) is 7.50. The summed E-state index contributed by atoms with van der Waals surface area (Å²) >= 11 is 0. The topological polar surface area (TPSA) is 105 Å². The number of nitrogens with two attached hydrogens (primary N) is 1. The van der Waals surface area contributed by atoms with Crippen molar-refractivity contribution in [3.63, 3.8) is 0 Å². The van der Waals surface area contributed by atoms with E-state index in [0.717, 1.165) is 30.4 Å². The zero-order valence-corrected chi connectivity index (χ0v) is 23.5. The lowest BCUT2D eigenvalue weighted by Crippen LogP contribution is -2.33. The van der Waals surface area contributed by atoms with Crippen molar-refractivity contribution >= 4 is 0 Å². The number of rotatable bonds is 15. The number of nitrogens with zero attached hydrogens (tertiary/aromatic N) is 1. The highest BCUT2D eigenvalue weighted by atomic mass is 16.5. The van der Waals surface area contributed by atoms with E-state index in [1.807, 2.05) is 24.3 Å². The van der Waals surface area contributed by atoms with Crippen LogP contribution in [0, 0.1) is 17.2 Å². The highest BCUT2D eigenvalue weighted by Crippen LogP contribution is 2.53. The minimum absolute atomic E-state index is 0.0382. The molecule has 0 aliphatic rings. The van der Waals surface area contributed by atoms with Gasteiger partial charge in [0.25, 0.3) is 0 Å². The van der Waals surface area contributed by atoms with E-state index in [4.69, 9.17) is 34.2 Å². The molecule has 0 aliphatic heterocycles. The highest BCUT2D eigenvalue weighted by molar-refractivity contribution is 5.65. The molecule has 8 nitrogen and oxygen atoms in total. The fourth-order valence-corrected chi connectivity index (χ4v) is 4.94. The third-order valence-electron chi connectivity index (χ3n) is 7.21. The predicted octanol–water partition coefficient (Wildman–Crippen LogP) is 5.29. The minimum atomic E-state index is -0.837. The highest BCUT2D eigenvalue weighted by Gasteiger charge is 2.42. The van der Waals surface area contributed by atoms with E-state index in [1.165, 1.54) is 0 Å². The van der Waals surface area contributed by atoms with Gasteiger partial charge in [-0.2, -0.15) is 5.26 Å². The van der Waals surface area contributed by atoms with Gasteiger partial charge in [0.15, 0.2) is 23.0 Å². The molecular weight excluding hydrogens is 472 g/mol. The molecule has 2 aromatic carbocycles. The summed E-state index contributed by atoms with van der Waals surface area (Å²) in [7, 11) is 9.48. The first-order valence-electron chi connectivity index (χ1n) is 12.6. The van der Waals surface area contributed by atoms with Gasteiger partial charge in [0.05, 0.1) is 54.1 Å². The van der Waals surface area contributed by atoms with Gasteiger partial charge < -0.3 is 34.2 Å². The van der Waals surface area contributed by atoms with E-state index >= 15 is 0 Å². The summed E-state index contributed by atoms with van der Waals surface area (Å²) in [6.07, 6.45) is 3.61. The SMILES string of the molecule is CCC(C)C(C#N)(CCCC(N)Cc1ccc(OC)c(OC)c1)c1cc(OC)c(OC)c(OC)c1OC. The maximum absolute atomic E-state index is 10.6. The first kappa shape index (κ1) is 29.9. The Morgan fingerprint density at radius 2 is 1.46 bits per heavy atom. The van der Waals surface area contributed by atoms with Crippen LogP contribution in [0.2, 0.25) is 0 Å². The van der Waals surface area contributed by atoms with Crippen molar-refractivity contribution < 1.29 is 28.4 Å². The quantitative estimate of drug-likeness (QED) is 0.342. The lowest BCUT2D eigenvalue weighted by atomic mass is 9.67. The molecule has 0 bridgehead atoms. The van der Waals surface area contributed by atoms with Crippen LogP contribution in [0.25, 0.3) is 0 Å². The van der Waals surface area contributed by atoms with Crippen molar-refractivity contribution in [3.05, 3.63) is 35.4 Å². The maximum atomic E-state index is 10.6. The molecule has 3 unspecified atom stereocenters. The van der Waals surface area contributed by atoms with Gasteiger partial charge in [0.2, 0.25) is 11.5 Å². The summed E-state index contributed by atoms with van der Waals surface area (Å²) in [4.78, 5) is 0. The number of hydrogen-bond acceptors (Lipinski definition) is 8. The van der Waals surface area contributed by atoms with Gasteiger partial charge in [0, 0.05) is 11.6 Å². The Labute approximate surface area is 221 Å². The Bertz CT molecular complexity index is 1070. The lowest BCUT2D eigenvalue weighted by molar-refractivity contribution is 0.279. The van der Waals surface area contributed by atoms with E-state index in [0.29, 0.717) is 47.3 Å². The van der Waals surface area contributed by atoms with Crippen LogP contribution < -0.4 is 34.2 Å². The molecule has 0 spiro atoms. The van der Waals surface area contributed by atoms with Crippen molar-refractivity contribution in [2.24, 2.45) is 11.7 Å². The standard InChI is InChI=1S/C29H42N2O6/c1-9-19(2)29(18-30,22-17-25(34-5)27(36-7)28(37-8)26(22)35-6)14-10-11-21(31)15-20-12-13-23(32-3)24(16-20)33-4/h12-13,16-17,19,21H,9-11,14-15,31H2,1-8H3. The zero-order valence-electron chi connectivity index (χ0n) is 23.5. The van der Waals surface area contributed by atoms with Gasteiger partial charge in [-0.15, -0.1) is 0 Å². The fourth-order valence-electron chi connectivity index (χ4n) is 4.94. The summed E-state index contributed by atoms with van der Waals surface area (Å²) in [5, 5.41) is 10.6. The van der Waals surface area contributed by atoms with Crippen molar-refractivity contribution in [1.82, 2.24) is 0 Å². The number of ether oxygens (including phenoxy) is 6. The molecule has 0 radical (unpaired) electrons. The van der Waals surface area contributed by atoms with Crippen LogP contribution in [-0.4, -0.2) is 48.7 Å². The summed E-state index contributed by atoms with van der Waals surface area (Å²) in [6.45, 7) is 4.18. The van der Waals surface area contributed by atoms with Gasteiger partial charge >= 0.3 is 0 Å². The molecule has 0 saturated carbocycles. The van der Waals surface area contributed by atoms with E-state index in [2.05, 4.69) is 19.9 Å². The van der Waals surface area contributed by atoms with Crippen LogP contribution in [-0.2, 0) is 11.8 Å². The molecule has 0 saturated heterocycles. The number of methoxy groups -OCH3 is 6. The third kappa shape index (κ3) is 6.34. The smallest absolute Gasteiger partial charge is 0.207 e. The molecule has 8 heteroatoms. The molecule has 0 amide bonds. The van der Waals surface area contributed by atoms with E-state index in [1.54, 1.807) is 42.7 Å². The molecule has 0 heterocycles. The monoisotopic (exact) mass is 514 g/mol. The first-order valence-corrected chi connectivity index (χ1v) is 12.6. The van der Waals surface area contributed by atoms with E-state index in [-0.39, 0.29) is 12.0 Å². The van der Waals surface area contributed by atoms with Crippen molar-refractivity contribution in [1.29, 1.82) is 5.26 Å². The minimum Gasteiger partial charge on any atom is -0.493 e. The third-order valence-corrected chi connectivity index (χ3v) is 7.21. The van der Waals surface area contributed by atoms with Crippen LogP contribution >= 0.6 is 0 Å². The Morgan fingerprint density at radius 1 is 0.838 bits per heavy atom. The molecule has 2 aromatic rings. The molecule has 0 aromatic heterocycles. The van der Waals surface area contributed by atoms with Gasteiger partial charge in [-0.1, -0.05) is 26.3 Å². The maximum Gasteiger partial charge on any atom is 0.207 e. The number of benzene rings is 2. The molecule has 204 valence electrons. The lowest BCUT2D eigenvalue weighted by Gasteiger charge is -2.35. The van der Waals surface area contributed by atoms with Crippen molar-refractivity contribution in [2.75, 3.05) is 42.7 Å². The molecule has 2 N–H and O–H groups in total. The summed E-state index contributed by atoms with van der Waals surface area (Å²) < 4.78 is 33.4. The van der Waals surface area contributed by atoms with Crippen LogP contribution in [0.4, 0.5) is 0 Å². The second-order valence-electron chi connectivity index (χ2n) is 9.16. The molecular formula is C29H42N2O6. The Balaban J connectivity index is 2.36. The zero-order chi connectivity index (χ0) is 27.6. The summed E-state index contributed by atoms with van der Waals surface area (Å²) in [5.74, 6) is 3.22. The van der Waals surface area contributed by atoms with Crippen molar-refractivity contribution in [2.45, 2.75) is 57.4 Å². The second kappa shape index (κ2) is 13.8. The average Bonchev–Trinajstić information content (AvgIpc) is 2.93. The fraction of sp³-hybridized carbons (Fsp3) is 0.552. The van der Waals surface area contributed by atoms with Crippen LogP contribution in [0.15, 0.2) is 24.3 Å². The largest absolute Gasteiger partial charge is 0.493 e. The molecule has 2 rings (SSSR count). The second-order valence-corrected chi connectivity index (χ2v) is 9.16. The van der Waals surface area contributed by atoms with Crippen LogP contribution in [0.1, 0.15) is 50.7 Å². The molecule has 37 heavy (non-hydrogen) atoms. The number of nitriles is 1. The van der Waals surface area contributed by atoms with Crippen LogP contribution in [0.5, 0.6) is 34.5 Å². The molecule has 3 atom stereocenters. The van der Waals surface area contributed by atoms with Gasteiger partial charge in [-0.25, -0.2) is 0 Å². The normalized spacial score (nSPS) is 14.1. The first-order chi connectivity index (χ1) is 17.8. The average molecular weight is 515 g/mol. The van der Waals surface area contributed by atoms with Gasteiger partial charge in [-0.05, 0) is 55.4 Å². The van der Waals surface area contributed by atoms with E-state index in [9.17, 15) is 5.26 Å². The predicted molar refractivity (Wildman–Crippen MR) is 144 cm³/mol. The Hall–Kier alpha value is -3.31. The molecule has 0 fully saturated rings. The van der Waals surface area contributed by atoms with Crippen molar-refractivity contribution in [3.8, 4) is 40.6 Å². The Kier molecular flexibility index (Phi) is 11.2. The summed E-state index contributed by atoms with van der Waals surface area (Å²) in [6, 6.07) is 10.3. The van der Waals surface area contributed by atoms with Gasteiger partial charge in [0.1, 0.15) is 0 Å². The number of hydrogen-bond donors (Lipinski definition) is 1.